The minimum atomic E-state index is -0.0770. The quantitative estimate of drug-likeness (QED) is 0.311. The first-order valence-corrected chi connectivity index (χ1v) is 10.9. The highest BCUT2D eigenvalue weighted by Crippen LogP contribution is 2.46. The maximum absolute atomic E-state index is 9.90. The summed E-state index contributed by atoms with van der Waals surface area (Å²) >= 11 is 0. The number of hydrogen-bond acceptors (Lipinski definition) is 3. The maximum atomic E-state index is 9.90. The first-order chi connectivity index (χ1) is 15.3. The van der Waals surface area contributed by atoms with Gasteiger partial charge in [0.15, 0.2) is 0 Å². The van der Waals surface area contributed by atoms with Crippen molar-refractivity contribution in [1.29, 1.82) is 0 Å². The number of phenols is 3. The monoisotopic (exact) mass is 424 g/mol. The van der Waals surface area contributed by atoms with Gasteiger partial charge in [-0.05, 0) is 87.2 Å². The summed E-state index contributed by atoms with van der Waals surface area (Å²) in [5, 5.41) is 29.6. The fourth-order valence-electron chi connectivity index (χ4n) is 4.09. The van der Waals surface area contributed by atoms with Crippen molar-refractivity contribution >= 4 is 0 Å². The van der Waals surface area contributed by atoms with Gasteiger partial charge < -0.3 is 15.3 Å². The Hall–Kier alpha value is -3.72. The van der Waals surface area contributed by atoms with Crippen LogP contribution < -0.4 is 0 Å². The van der Waals surface area contributed by atoms with Crippen LogP contribution in [0.3, 0.4) is 0 Å². The molecule has 4 aromatic carbocycles. The van der Waals surface area contributed by atoms with Crippen molar-refractivity contribution in [3.8, 4) is 50.6 Å². The summed E-state index contributed by atoms with van der Waals surface area (Å²) in [6.07, 6.45) is 0.964. The van der Waals surface area contributed by atoms with Crippen molar-refractivity contribution in [2.75, 3.05) is 0 Å². The van der Waals surface area contributed by atoms with Crippen molar-refractivity contribution in [3.63, 3.8) is 0 Å². The van der Waals surface area contributed by atoms with E-state index in [1.165, 1.54) is 5.56 Å². The third-order valence-corrected chi connectivity index (χ3v) is 6.31. The number of benzene rings is 4. The fraction of sp³-hybridized carbons (Fsp3) is 0.172. The lowest BCUT2D eigenvalue weighted by molar-refractivity contribution is 0.475. The summed E-state index contributed by atoms with van der Waals surface area (Å²) in [7, 11) is 0. The molecule has 0 amide bonds. The smallest absolute Gasteiger partial charge is 0.115 e. The van der Waals surface area contributed by atoms with Gasteiger partial charge in [-0.15, -0.1) is 0 Å². The Kier molecular flexibility index (Phi) is 5.67. The van der Waals surface area contributed by atoms with Crippen LogP contribution in [0.25, 0.3) is 33.4 Å². The summed E-state index contributed by atoms with van der Waals surface area (Å²) in [5.41, 5.74) is 7.34. The Morgan fingerprint density at radius 2 is 0.938 bits per heavy atom. The SMILES string of the molecule is CCC(C)(C)c1ccc(-c2ccc(O)cc2)c(-c2ccc(O)cc2)c1-c1ccc(O)cc1. The van der Waals surface area contributed by atoms with Crippen LogP contribution >= 0.6 is 0 Å². The van der Waals surface area contributed by atoms with Gasteiger partial charge in [0.2, 0.25) is 0 Å². The van der Waals surface area contributed by atoms with E-state index in [1.54, 1.807) is 36.4 Å². The second-order valence-electron chi connectivity index (χ2n) is 8.79. The van der Waals surface area contributed by atoms with Crippen molar-refractivity contribution in [2.45, 2.75) is 32.6 Å². The van der Waals surface area contributed by atoms with Gasteiger partial charge in [-0.3, -0.25) is 0 Å². The van der Waals surface area contributed by atoms with Crippen LogP contribution in [0.5, 0.6) is 17.2 Å². The van der Waals surface area contributed by atoms with Crippen LogP contribution in [0.2, 0.25) is 0 Å². The third-order valence-electron chi connectivity index (χ3n) is 6.31. The molecule has 3 heteroatoms. The summed E-state index contributed by atoms with van der Waals surface area (Å²) in [6.45, 7) is 6.68. The van der Waals surface area contributed by atoms with Crippen LogP contribution in [0.15, 0.2) is 84.9 Å². The van der Waals surface area contributed by atoms with Crippen molar-refractivity contribution in [2.24, 2.45) is 0 Å². The number of hydrogen-bond donors (Lipinski definition) is 3. The first kappa shape index (κ1) is 21.5. The normalized spacial score (nSPS) is 11.5. The summed E-state index contributed by atoms with van der Waals surface area (Å²) in [4.78, 5) is 0. The van der Waals surface area contributed by atoms with Crippen LogP contribution in [0.1, 0.15) is 32.8 Å². The topological polar surface area (TPSA) is 60.7 Å². The molecule has 32 heavy (non-hydrogen) atoms. The lowest BCUT2D eigenvalue weighted by Gasteiger charge is -2.30. The summed E-state index contributed by atoms with van der Waals surface area (Å²) in [6, 6.07) is 26.2. The molecule has 0 heterocycles. The van der Waals surface area contributed by atoms with E-state index < -0.39 is 0 Å². The van der Waals surface area contributed by atoms with E-state index in [1.807, 2.05) is 36.4 Å². The van der Waals surface area contributed by atoms with Gasteiger partial charge in [0.1, 0.15) is 17.2 Å². The van der Waals surface area contributed by atoms with Gasteiger partial charge in [0, 0.05) is 0 Å². The van der Waals surface area contributed by atoms with Gasteiger partial charge >= 0.3 is 0 Å². The standard InChI is InChI=1S/C29H28O3/c1-4-29(2,3)26-18-17-25(19-5-11-22(30)12-6-19)27(20-7-13-23(31)14-8-20)28(26)21-9-15-24(32)16-10-21/h5-18,30-32H,4H2,1-3H3. The third kappa shape index (κ3) is 4.06. The second kappa shape index (κ2) is 8.43. The van der Waals surface area contributed by atoms with E-state index in [-0.39, 0.29) is 22.7 Å². The molecular weight excluding hydrogens is 396 g/mol. The molecule has 162 valence electrons. The molecule has 4 rings (SSSR count). The molecule has 0 atom stereocenters. The zero-order valence-corrected chi connectivity index (χ0v) is 18.6. The van der Waals surface area contributed by atoms with E-state index >= 15 is 0 Å². The van der Waals surface area contributed by atoms with Gasteiger partial charge in [-0.1, -0.05) is 69.3 Å². The van der Waals surface area contributed by atoms with Crippen LogP contribution in [0, 0.1) is 0 Å². The average molecular weight is 425 g/mol. The van der Waals surface area contributed by atoms with Crippen LogP contribution in [-0.4, -0.2) is 15.3 Å². The predicted octanol–water partition coefficient (Wildman–Crippen LogP) is 7.49. The zero-order chi connectivity index (χ0) is 22.9. The van der Waals surface area contributed by atoms with Gasteiger partial charge in [0.05, 0.1) is 0 Å². The number of aromatic hydroxyl groups is 3. The number of phenolic OH excluding ortho intramolecular Hbond substituents is 3. The molecule has 0 aliphatic carbocycles. The van der Waals surface area contributed by atoms with Gasteiger partial charge in [-0.25, -0.2) is 0 Å². The largest absolute Gasteiger partial charge is 0.508 e. The average Bonchev–Trinajstić information content (AvgIpc) is 2.80. The molecule has 3 nitrogen and oxygen atoms in total. The van der Waals surface area contributed by atoms with E-state index in [0.29, 0.717) is 0 Å². The molecule has 0 spiro atoms. The molecule has 4 aromatic rings. The van der Waals surface area contributed by atoms with E-state index in [4.69, 9.17) is 0 Å². The lowest BCUT2D eigenvalue weighted by atomic mass is 9.74. The predicted molar refractivity (Wildman–Crippen MR) is 131 cm³/mol. The molecule has 0 radical (unpaired) electrons. The molecule has 0 aliphatic heterocycles. The van der Waals surface area contributed by atoms with Crippen LogP contribution in [-0.2, 0) is 5.41 Å². The fourth-order valence-corrected chi connectivity index (χ4v) is 4.09. The Balaban J connectivity index is 2.13. The number of rotatable bonds is 5. The lowest BCUT2D eigenvalue weighted by Crippen LogP contribution is -2.17. The maximum Gasteiger partial charge on any atom is 0.115 e. The first-order valence-electron chi connectivity index (χ1n) is 10.9. The molecular formula is C29H28O3. The van der Waals surface area contributed by atoms with Crippen LogP contribution in [0.4, 0.5) is 0 Å². The second-order valence-corrected chi connectivity index (χ2v) is 8.79. The molecule has 3 N–H and O–H groups in total. The summed E-state index contributed by atoms with van der Waals surface area (Å²) in [5.74, 6) is 0.671. The van der Waals surface area contributed by atoms with Crippen molar-refractivity contribution < 1.29 is 15.3 Å². The Morgan fingerprint density at radius 3 is 1.38 bits per heavy atom. The summed E-state index contributed by atoms with van der Waals surface area (Å²) < 4.78 is 0. The Labute approximate surface area is 189 Å². The minimum Gasteiger partial charge on any atom is -0.508 e. The van der Waals surface area contributed by atoms with Gasteiger partial charge in [-0.2, -0.15) is 0 Å². The van der Waals surface area contributed by atoms with E-state index in [9.17, 15) is 15.3 Å². The molecule has 0 unspecified atom stereocenters. The molecule has 0 fully saturated rings. The molecule has 0 aliphatic rings. The highest BCUT2D eigenvalue weighted by atomic mass is 16.3. The molecule has 0 aromatic heterocycles. The molecule has 0 saturated carbocycles. The van der Waals surface area contributed by atoms with Gasteiger partial charge in [0.25, 0.3) is 0 Å². The van der Waals surface area contributed by atoms with E-state index in [2.05, 4.69) is 32.9 Å². The van der Waals surface area contributed by atoms with Crippen molar-refractivity contribution in [1.82, 2.24) is 0 Å². The zero-order valence-electron chi connectivity index (χ0n) is 18.6. The minimum absolute atomic E-state index is 0.0770. The Bertz CT molecular complexity index is 1220. The Morgan fingerprint density at radius 1 is 0.531 bits per heavy atom. The highest BCUT2D eigenvalue weighted by molar-refractivity contribution is 5.96. The van der Waals surface area contributed by atoms with Crippen molar-refractivity contribution in [3.05, 3.63) is 90.5 Å². The molecule has 0 bridgehead atoms. The highest BCUT2D eigenvalue weighted by Gasteiger charge is 2.26. The van der Waals surface area contributed by atoms with E-state index in [0.717, 1.165) is 39.8 Å². The molecule has 0 saturated heterocycles.